The van der Waals surface area contributed by atoms with Gasteiger partial charge in [-0.2, -0.15) is 0 Å². The van der Waals surface area contributed by atoms with E-state index in [1.165, 1.54) is 16.2 Å². The van der Waals surface area contributed by atoms with Crippen LogP contribution in [0.3, 0.4) is 0 Å². The number of hydroxylamine groups is 1. The summed E-state index contributed by atoms with van der Waals surface area (Å²) < 4.78 is 5.00. The van der Waals surface area contributed by atoms with Gasteiger partial charge in [0.15, 0.2) is 6.10 Å². The highest BCUT2D eigenvalue weighted by Crippen LogP contribution is 2.49. The van der Waals surface area contributed by atoms with Crippen molar-refractivity contribution in [3.8, 4) is 0 Å². The maximum absolute atomic E-state index is 13.6. The second-order valence-electron chi connectivity index (χ2n) is 7.90. The van der Waals surface area contributed by atoms with Crippen LogP contribution in [0.2, 0.25) is 0 Å². The van der Waals surface area contributed by atoms with Crippen molar-refractivity contribution in [2.75, 3.05) is 16.6 Å². The molecule has 0 radical (unpaired) electrons. The second kappa shape index (κ2) is 8.46. The topological polar surface area (TPSA) is 76.2 Å². The molecule has 1 aromatic heterocycles. The maximum atomic E-state index is 13.6. The highest BCUT2D eigenvalue weighted by molar-refractivity contribution is 7.10. The molecule has 2 amide bonds. The molecule has 0 unspecified atom stereocenters. The Morgan fingerprint density at radius 2 is 1.79 bits per heavy atom. The minimum atomic E-state index is -0.922. The first-order chi connectivity index (χ1) is 16.0. The van der Waals surface area contributed by atoms with Crippen LogP contribution in [-0.4, -0.2) is 30.5 Å². The second-order valence-corrected chi connectivity index (χ2v) is 8.88. The Morgan fingerprint density at radius 1 is 1.03 bits per heavy atom. The van der Waals surface area contributed by atoms with Gasteiger partial charge < -0.3 is 4.74 Å². The molecule has 2 aromatic carbocycles. The van der Waals surface area contributed by atoms with Gasteiger partial charge >= 0.3 is 5.97 Å². The molecule has 3 aromatic rings. The van der Waals surface area contributed by atoms with Crippen molar-refractivity contribution in [3.05, 3.63) is 82.0 Å². The minimum absolute atomic E-state index is 0.270. The van der Waals surface area contributed by atoms with Gasteiger partial charge in [0, 0.05) is 4.88 Å². The zero-order valence-electron chi connectivity index (χ0n) is 18.1. The lowest BCUT2D eigenvalue weighted by atomic mass is 9.95. The van der Waals surface area contributed by atoms with Crippen LogP contribution in [0.4, 0.5) is 11.4 Å². The average molecular weight is 463 g/mol. The fourth-order valence-corrected chi connectivity index (χ4v) is 5.25. The van der Waals surface area contributed by atoms with E-state index >= 15 is 0 Å². The third-order valence-electron chi connectivity index (χ3n) is 5.94. The van der Waals surface area contributed by atoms with E-state index in [9.17, 15) is 14.4 Å². The third kappa shape index (κ3) is 3.51. The van der Waals surface area contributed by atoms with E-state index in [-0.39, 0.29) is 12.5 Å². The number of fused-ring (bicyclic) bond motifs is 1. The first-order valence-corrected chi connectivity index (χ1v) is 11.6. The molecule has 2 fully saturated rings. The fourth-order valence-electron chi connectivity index (χ4n) is 4.40. The Kier molecular flexibility index (Phi) is 5.47. The quantitative estimate of drug-likeness (QED) is 0.416. The number of thiophene rings is 1. The van der Waals surface area contributed by atoms with E-state index in [1.54, 1.807) is 36.3 Å². The summed E-state index contributed by atoms with van der Waals surface area (Å²) in [7, 11) is 0. The van der Waals surface area contributed by atoms with E-state index in [4.69, 9.17) is 9.57 Å². The fraction of sp³-hybridized carbons (Fsp3) is 0.240. The number of benzene rings is 2. The monoisotopic (exact) mass is 462 g/mol. The zero-order chi connectivity index (χ0) is 23.1. The number of imide groups is 1. The number of nitrogens with zero attached hydrogens (tertiary/aromatic N) is 2. The predicted molar refractivity (Wildman–Crippen MR) is 124 cm³/mol. The number of rotatable bonds is 5. The van der Waals surface area contributed by atoms with E-state index in [0.29, 0.717) is 11.3 Å². The molecule has 8 heteroatoms. The molecule has 0 aliphatic carbocycles. The molecule has 0 bridgehead atoms. The van der Waals surface area contributed by atoms with Crippen molar-refractivity contribution >= 4 is 40.5 Å². The number of anilines is 2. The molecular weight excluding hydrogens is 440 g/mol. The van der Waals surface area contributed by atoms with Crippen LogP contribution >= 0.6 is 11.3 Å². The molecule has 168 valence electrons. The number of aryl methyl sites for hydroxylation is 1. The van der Waals surface area contributed by atoms with Gasteiger partial charge in [0.05, 0.1) is 23.5 Å². The highest BCUT2D eigenvalue weighted by atomic mass is 32.1. The molecule has 2 saturated heterocycles. The number of ether oxygens (including phenoxy) is 1. The Labute approximate surface area is 195 Å². The number of amides is 2. The van der Waals surface area contributed by atoms with Crippen LogP contribution < -0.4 is 9.96 Å². The lowest BCUT2D eigenvalue weighted by Crippen LogP contribution is -2.37. The van der Waals surface area contributed by atoms with Crippen LogP contribution in [0.15, 0.2) is 66.0 Å². The molecule has 0 spiro atoms. The Hall–Kier alpha value is -3.49. The molecule has 3 heterocycles. The molecule has 2 aliphatic heterocycles. The summed E-state index contributed by atoms with van der Waals surface area (Å²) in [6.45, 7) is 3.97. The number of para-hydroxylation sites is 1. The summed E-state index contributed by atoms with van der Waals surface area (Å²) in [5.41, 5.74) is 2.59. The molecule has 0 saturated carbocycles. The van der Waals surface area contributed by atoms with E-state index in [2.05, 4.69) is 0 Å². The van der Waals surface area contributed by atoms with Gasteiger partial charge in [0.1, 0.15) is 12.0 Å². The van der Waals surface area contributed by atoms with Crippen LogP contribution in [0.1, 0.15) is 33.8 Å². The van der Waals surface area contributed by atoms with Gasteiger partial charge in [-0.25, -0.2) is 14.8 Å². The molecule has 2 aliphatic rings. The third-order valence-corrected chi connectivity index (χ3v) is 6.88. The molecule has 33 heavy (non-hydrogen) atoms. The SMILES string of the molecule is CCOC(=O)c1ccc(N2C(=O)[C@@H]3[C@@H](ON(c4ccccc4C)[C@H]3c3cccs3)C2=O)cc1. The van der Waals surface area contributed by atoms with Crippen LogP contribution in [0.5, 0.6) is 0 Å². The Bertz CT molecular complexity index is 1210. The van der Waals surface area contributed by atoms with Gasteiger partial charge in [-0.1, -0.05) is 24.3 Å². The lowest BCUT2D eigenvalue weighted by molar-refractivity contribution is -0.126. The molecule has 5 rings (SSSR count). The zero-order valence-corrected chi connectivity index (χ0v) is 19.0. The molecule has 0 N–H and O–H groups in total. The number of hydrogen-bond donors (Lipinski definition) is 0. The summed E-state index contributed by atoms with van der Waals surface area (Å²) >= 11 is 1.53. The minimum Gasteiger partial charge on any atom is -0.462 e. The molecule has 7 nitrogen and oxygen atoms in total. The van der Waals surface area contributed by atoms with Crippen molar-refractivity contribution in [3.63, 3.8) is 0 Å². The molecular formula is C25H22N2O5S. The summed E-state index contributed by atoms with van der Waals surface area (Å²) in [4.78, 5) is 47.2. The van der Waals surface area contributed by atoms with E-state index in [1.807, 2.05) is 48.7 Å². The van der Waals surface area contributed by atoms with Gasteiger partial charge in [-0.05, 0) is 61.2 Å². The first-order valence-electron chi connectivity index (χ1n) is 10.7. The van der Waals surface area contributed by atoms with Crippen LogP contribution in [0, 0.1) is 12.8 Å². The van der Waals surface area contributed by atoms with Gasteiger partial charge in [0.25, 0.3) is 5.91 Å². The largest absolute Gasteiger partial charge is 0.462 e. The Balaban J connectivity index is 1.49. The number of esters is 1. The number of carbonyl (C=O) groups is 3. The van der Waals surface area contributed by atoms with Crippen LogP contribution in [-0.2, 0) is 19.2 Å². The van der Waals surface area contributed by atoms with Gasteiger partial charge in [-0.3, -0.25) is 14.4 Å². The van der Waals surface area contributed by atoms with Gasteiger partial charge in [0.2, 0.25) is 5.91 Å². The van der Waals surface area contributed by atoms with Crippen molar-refractivity contribution in [1.29, 1.82) is 0 Å². The van der Waals surface area contributed by atoms with Crippen molar-refractivity contribution in [1.82, 2.24) is 0 Å². The summed E-state index contributed by atoms with van der Waals surface area (Å²) in [5.74, 6) is -1.86. The maximum Gasteiger partial charge on any atom is 0.338 e. The standard InChI is InChI=1S/C25H22N2O5S/c1-3-31-25(30)16-10-12-17(13-11-16)26-23(28)20-21(19-9-6-14-33-19)27(32-22(20)24(26)29)18-8-5-4-7-15(18)2/h4-14,20-22H,3H2,1-2H3/t20-,21-,22+/m0/s1. The number of carbonyl (C=O) groups excluding carboxylic acids is 3. The van der Waals surface area contributed by atoms with Gasteiger partial charge in [-0.15, -0.1) is 11.3 Å². The van der Waals surface area contributed by atoms with E-state index < -0.39 is 29.9 Å². The number of hydrogen-bond acceptors (Lipinski definition) is 7. The smallest absolute Gasteiger partial charge is 0.338 e. The highest BCUT2D eigenvalue weighted by Gasteiger charge is 2.60. The van der Waals surface area contributed by atoms with Crippen molar-refractivity contribution in [2.45, 2.75) is 26.0 Å². The van der Waals surface area contributed by atoms with E-state index in [0.717, 1.165) is 16.1 Å². The van der Waals surface area contributed by atoms with Crippen molar-refractivity contribution in [2.24, 2.45) is 5.92 Å². The van der Waals surface area contributed by atoms with Crippen molar-refractivity contribution < 1.29 is 24.0 Å². The summed E-state index contributed by atoms with van der Waals surface area (Å²) in [5, 5.41) is 3.67. The first kappa shape index (κ1) is 21.4. The lowest BCUT2D eigenvalue weighted by Gasteiger charge is -2.29. The summed E-state index contributed by atoms with van der Waals surface area (Å²) in [6, 6.07) is 17.5. The predicted octanol–water partition coefficient (Wildman–Crippen LogP) is 4.28. The normalized spacial score (nSPS) is 22.1. The Morgan fingerprint density at radius 3 is 2.45 bits per heavy atom. The van der Waals surface area contributed by atoms with Crippen LogP contribution in [0.25, 0.3) is 0 Å². The molecule has 3 atom stereocenters. The summed E-state index contributed by atoms with van der Waals surface area (Å²) in [6.07, 6.45) is -0.922. The average Bonchev–Trinajstić information content (AvgIpc) is 3.52.